The first kappa shape index (κ1) is 13.6. The van der Waals surface area contributed by atoms with Crippen molar-refractivity contribution in [1.82, 2.24) is 4.98 Å². The molecule has 0 aliphatic rings. The first-order valence-corrected chi connectivity index (χ1v) is 7.32. The lowest BCUT2D eigenvalue weighted by Crippen LogP contribution is -2.09. The van der Waals surface area contributed by atoms with Gasteiger partial charge in [-0.25, -0.2) is 0 Å². The summed E-state index contributed by atoms with van der Waals surface area (Å²) in [6.45, 7) is 6.49. The predicted octanol–water partition coefficient (Wildman–Crippen LogP) is 5.02. The minimum atomic E-state index is 0.248. The van der Waals surface area contributed by atoms with Gasteiger partial charge in [0.25, 0.3) is 0 Å². The number of hydrogen-bond donors (Lipinski definition) is 1. The Morgan fingerprint density at radius 2 is 1.81 bits per heavy atom. The van der Waals surface area contributed by atoms with Gasteiger partial charge in [0, 0.05) is 17.6 Å². The highest BCUT2D eigenvalue weighted by Crippen LogP contribution is 2.27. The summed E-state index contributed by atoms with van der Waals surface area (Å²) >= 11 is 0. The molecule has 0 saturated carbocycles. The van der Waals surface area contributed by atoms with Gasteiger partial charge >= 0.3 is 0 Å². The van der Waals surface area contributed by atoms with Crippen LogP contribution in [-0.2, 0) is 0 Å². The van der Waals surface area contributed by atoms with E-state index in [4.69, 9.17) is 0 Å². The molecular weight excluding hydrogens is 256 g/mol. The third-order valence-electron chi connectivity index (χ3n) is 3.90. The summed E-state index contributed by atoms with van der Waals surface area (Å²) in [5.41, 5.74) is 6.06. The van der Waals surface area contributed by atoms with Gasteiger partial charge in [0.2, 0.25) is 0 Å². The van der Waals surface area contributed by atoms with Gasteiger partial charge in [-0.3, -0.25) is 4.98 Å². The Balaban J connectivity index is 1.94. The molecule has 1 unspecified atom stereocenters. The number of anilines is 1. The minimum Gasteiger partial charge on any atom is -0.377 e. The monoisotopic (exact) mass is 276 g/mol. The number of fused-ring (bicyclic) bond motifs is 1. The number of aromatic nitrogens is 1. The fourth-order valence-corrected chi connectivity index (χ4v) is 2.84. The van der Waals surface area contributed by atoms with Crippen LogP contribution in [0.15, 0.2) is 54.7 Å². The summed E-state index contributed by atoms with van der Waals surface area (Å²) in [6, 6.07) is 17.2. The van der Waals surface area contributed by atoms with Crippen LogP contribution in [-0.4, -0.2) is 4.98 Å². The molecular formula is C19H20N2. The van der Waals surface area contributed by atoms with Crippen LogP contribution in [0.5, 0.6) is 0 Å². The molecule has 0 aliphatic carbocycles. The van der Waals surface area contributed by atoms with Gasteiger partial charge in [0.15, 0.2) is 0 Å². The van der Waals surface area contributed by atoms with Crippen molar-refractivity contribution in [2.75, 3.05) is 5.32 Å². The smallest absolute Gasteiger partial charge is 0.0933 e. The third-order valence-corrected chi connectivity index (χ3v) is 3.90. The normalized spacial score (nSPS) is 12.3. The number of hydrogen-bond acceptors (Lipinski definition) is 2. The molecule has 2 nitrogen and oxygen atoms in total. The van der Waals surface area contributed by atoms with Gasteiger partial charge in [0.05, 0.1) is 11.2 Å². The second kappa shape index (κ2) is 5.57. The number of nitrogens with one attached hydrogen (secondary N) is 1. The minimum absolute atomic E-state index is 0.248. The molecule has 1 N–H and O–H groups in total. The van der Waals surface area contributed by atoms with E-state index in [0.717, 1.165) is 16.6 Å². The molecule has 0 aliphatic heterocycles. The van der Waals surface area contributed by atoms with Gasteiger partial charge < -0.3 is 5.32 Å². The molecule has 3 aromatic rings. The van der Waals surface area contributed by atoms with Gasteiger partial charge in [-0.15, -0.1) is 0 Å². The number of nitrogens with zero attached hydrogens (tertiary/aromatic N) is 1. The Morgan fingerprint density at radius 1 is 1.00 bits per heavy atom. The van der Waals surface area contributed by atoms with Crippen LogP contribution in [0.4, 0.5) is 5.69 Å². The van der Waals surface area contributed by atoms with Gasteiger partial charge in [-0.05, 0) is 44.0 Å². The zero-order valence-corrected chi connectivity index (χ0v) is 12.7. The van der Waals surface area contributed by atoms with Crippen molar-refractivity contribution in [3.63, 3.8) is 0 Å². The molecule has 2 aromatic carbocycles. The van der Waals surface area contributed by atoms with Crippen LogP contribution < -0.4 is 5.32 Å². The average molecular weight is 276 g/mol. The second-order valence-corrected chi connectivity index (χ2v) is 5.61. The first-order valence-electron chi connectivity index (χ1n) is 7.32. The molecule has 106 valence electrons. The molecule has 1 atom stereocenters. The van der Waals surface area contributed by atoms with Crippen molar-refractivity contribution < 1.29 is 0 Å². The van der Waals surface area contributed by atoms with Crippen LogP contribution >= 0.6 is 0 Å². The maximum Gasteiger partial charge on any atom is 0.0933 e. The fourth-order valence-electron chi connectivity index (χ4n) is 2.84. The van der Waals surface area contributed by atoms with E-state index in [1.807, 2.05) is 12.3 Å². The topological polar surface area (TPSA) is 24.9 Å². The average Bonchev–Trinajstić information content (AvgIpc) is 2.47. The standard InChI is InChI=1S/C19H20N2/c1-13-9-10-17(14(2)12-13)15(3)21-18-8-4-6-16-7-5-11-20-19(16)18/h4-12,15,21H,1-3H3. The van der Waals surface area contributed by atoms with Gasteiger partial charge in [0.1, 0.15) is 0 Å². The van der Waals surface area contributed by atoms with Crippen LogP contribution in [0.1, 0.15) is 29.7 Å². The van der Waals surface area contributed by atoms with Crippen molar-refractivity contribution in [2.24, 2.45) is 0 Å². The van der Waals surface area contributed by atoms with Gasteiger partial charge in [-0.2, -0.15) is 0 Å². The number of aryl methyl sites for hydroxylation is 2. The maximum atomic E-state index is 4.50. The Bertz CT molecular complexity index is 772. The van der Waals surface area contributed by atoms with Crippen LogP contribution in [0.25, 0.3) is 10.9 Å². The summed E-state index contributed by atoms with van der Waals surface area (Å²) < 4.78 is 0. The lowest BCUT2D eigenvalue weighted by Gasteiger charge is -2.19. The third kappa shape index (κ3) is 2.75. The van der Waals surface area contributed by atoms with E-state index in [1.54, 1.807) is 0 Å². The molecule has 0 radical (unpaired) electrons. The number of pyridine rings is 1. The zero-order chi connectivity index (χ0) is 14.8. The Labute approximate surface area is 125 Å². The highest BCUT2D eigenvalue weighted by atomic mass is 14.9. The van der Waals surface area contributed by atoms with Crippen molar-refractivity contribution in [2.45, 2.75) is 26.8 Å². The van der Waals surface area contributed by atoms with Crippen molar-refractivity contribution in [1.29, 1.82) is 0 Å². The van der Waals surface area contributed by atoms with E-state index in [2.05, 4.69) is 73.5 Å². The predicted molar refractivity (Wildman–Crippen MR) is 89.7 cm³/mol. The fraction of sp³-hybridized carbons (Fsp3) is 0.211. The van der Waals surface area contributed by atoms with E-state index in [-0.39, 0.29) is 6.04 Å². The molecule has 2 heteroatoms. The molecule has 0 spiro atoms. The zero-order valence-electron chi connectivity index (χ0n) is 12.7. The van der Waals surface area contributed by atoms with E-state index < -0.39 is 0 Å². The highest BCUT2D eigenvalue weighted by molar-refractivity contribution is 5.90. The van der Waals surface area contributed by atoms with Gasteiger partial charge in [-0.1, -0.05) is 42.0 Å². The maximum absolute atomic E-state index is 4.50. The summed E-state index contributed by atoms with van der Waals surface area (Å²) in [4.78, 5) is 4.50. The molecule has 0 saturated heterocycles. The highest BCUT2D eigenvalue weighted by Gasteiger charge is 2.10. The second-order valence-electron chi connectivity index (χ2n) is 5.61. The van der Waals surface area contributed by atoms with Crippen molar-refractivity contribution >= 4 is 16.6 Å². The summed E-state index contributed by atoms with van der Waals surface area (Å²) in [7, 11) is 0. The van der Waals surface area contributed by atoms with Crippen LogP contribution in [0, 0.1) is 13.8 Å². The molecule has 1 heterocycles. The lowest BCUT2D eigenvalue weighted by atomic mass is 10.00. The lowest BCUT2D eigenvalue weighted by molar-refractivity contribution is 0.874. The van der Waals surface area contributed by atoms with Crippen molar-refractivity contribution in [3.8, 4) is 0 Å². The molecule has 3 rings (SSSR count). The molecule has 0 amide bonds. The summed E-state index contributed by atoms with van der Waals surface area (Å²) in [6.07, 6.45) is 1.84. The van der Waals surface area contributed by atoms with E-state index in [9.17, 15) is 0 Å². The molecule has 0 bridgehead atoms. The van der Waals surface area contributed by atoms with E-state index in [1.165, 1.54) is 16.7 Å². The number of para-hydroxylation sites is 1. The Hall–Kier alpha value is -2.35. The van der Waals surface area contributed by atoms with E-state index in [0.29, 0.717) is 0 Å². The number of benzene rings is 2. The molecule has 1 aromatic heterocycles. The Kier molecular flexibility index (Phi) is 3.61. The molecule has 21 heavy (non-hydrogen) atoms. The quantitative estimate of drug-likeness (QED) is 0.726. The first-order chi connectivity index (χ1) is 10.1. The van der Waals surface area contributed by atoms with Crippen LogP contribution in [0.2, 0.25) is 0 Å². The van der Waals surface area contributed by atoms with Crippen molar-refractivity contribution in [3.05, 3.63) is 71.4 Å². The SMILES string of the molecule is Cc1ccc(C(C)Nc2cccc3cccnc23)c(C)c1. The summed E-state index contributed by atoms with van der Waals surface area (Å²) in [5, 5.41) is 4.76. The Morgan fingerprint density at radius 3 is 2.62 bits per heavy atom. The largest absolute Gasteiger partial charge is 0.377 e. The van der Waals surface area contributed by atoms with E-state index >= 15 is 0 Å². The number of rotatable bonds is 3. The summed E-state index contributed by atoms with van der Waals surface area (Å²) in [5.74, 6) is 0. The molecule has 0 fully saturated rings. The van der Waals surface area contributed by atoms with Crippen LogP contribution in [0.3, 0.4) is 0 Å².